The first-order valence-corrected chi connectivity index (χ1v) is 12.5. The summed E-state index contributed by atoms with van der Waals surface area (Å²) in [5.41, 5.74) is 4.13. The highest BCUT2D eigenvalue weighted by atomic mass is 79.9. The van der Waals surface area contributed by atoms with Gasteiger partial charge in [0.25, 0.3) is 0 Å². The Hall–Kier alpha value is -2.66. The highest BCUT2D eigenvalue weighted by Gasteiger charge is 2.53. The maximum Gasteiger partial charge on any atom is 0.329 e. The molecule has 5 heteroatoms. The van der Waals surface area contributed by atoms with E-state index in [0.717, 1.165) is 42.3 Å². The van der Waals surface area contributed by atoms with Crippen LogP contribution in [0, 0.1) is 5.92 Å². The average molecular weight is 505 g/mol. The number of aromatic nitrogens is 1. The summed E-state index contributed by atoms with van der Waals surface area (Å²) in [6.07, 6.45) is 9.97. The van der Waals surface area contributed by atoms with Gasteiger partial charge in [-0.15, -0.1) is 0 Å². The Kier molecular flexibility index (Phi) is 6.00. The lowest BCUT2D eigenvalue weighted by atomic mass is 9.60. The quantitative estimate of drug-likeness (QED) is 0.407. The fourth-order valence-corrected chi connectivity index (χ4v) is 6.56. The van der Waals surface area contributed by atoms with Gasteiger partial charge in [-0.3, -0.25) is 4.98 Å². The smallest absolute Gasteiger partial charge is 0.329 e. The number of hydrogen-bond donors (Lipinski definition) is 2. The number of pyridine rings is 1. The lowest BCUT2D eigenvalue weighted by molar-refractivity contribution is -0.144. The molecular formula is C28H29BrN2O2. The van der Waals surface area contributed by atoms with Crippen molar-refractivity contribution in [2.75, 3.05) is 5.32 Å². The van der Waals surface area contributed by atoms with E-state index >= 15 is 0 Å². The van der Waals surface area contributed by atoms with Gasteiger partial charge in [0.1, 0.15) is 5.54 Å². The van der Waals surface area contributed by atoms with Gasteiger partial charge < -0.3 is 10.4 Å². The molecule has 1 saturated carbocycles. The third kappa shape index (κ3) is 4.19. The van der Waals surface area contributed by atoms with Crippen LogP contribution in [0.1, 0.15) is 48.8 Å². The second kappa shape index (κ2) is 8.94. The first-order chi connectivity index (χ1) is 16.0. The zero-order valence-corrected chi connectivity index (χ0v) is 20.2. The van der Waals surface area contributed by atoms with E-state index in [2.05, 4.69) is 56.6 Å². The van der Waals surface area contributed by atoms with Gasteiger partial charge in [-0.25, -0.2) is 4.79 Å². The lowest BCUT2D eigenvalue weighted by Gasteiger charge is -2.47. The van der Waals surface area contributed by atoms with Crippen LogP contribution in [0.15, 0.2) is 77.5 Å². The third-order valence-electron chi connectivity index (χ3n) is 7.92. The van der Waals surface area contributed by atoms with Gasteiger partial charge in [0.15, 0.2) is 0 Å². The summed E-state index contributed by atoms with van der Waals surface area (Å²) in [6, 6.07) is 20.8. The van der Waals surface area contributed by atoms with Crippen molar-refractivity contribution in [3.8, 4) is 0 Å². The molecule has 33 heavy (non-hydrogen) atoms. The van der Waals surface area contributed by atoms with Gasteiger partial charge in [0, 0.05) is 22.6 Å². The van der Waals surface area contributed by atoms with Crippen LogP contribution >= 0.6 is 15.9 Å². The summed E-state index contributed by atoms with van der Waals surface area (Å²) in [7, 11) is 0. The molecule has 2 aliphatic rings. The van der Waals surface area contributed by atoms with Crippen molar-refractivity contribution in [1.82, 2.24) is 4.98 Å². The number of carbonyl (C=O) groups is 1. The molecule has 1 spiro atoms. The van der Waals surface area contributed by atoms with Crippen molar-refractivity contribution < 1.29 is 9.90 Å². The predicted molar refractivity (Wildman–Crippen MR) is 134 cm³/mol. The molecule has 0 bridgehead atoms. The summed E-state index contributed by atoms with van der Waals surface area (Å²) < 4.78 is 0.945. The molecule has 0 saturated heterocycles. The van der Waals surface area contributed by atoms with Crippen molar-refractivity contribution in [3.63, 3.8) is 0 Å². The molecule has 1 unspecified atom stereocenters. The number of benzene rings is 2. The van der Waals surface area contributed by atoms with Crippen LogP contribution in [-0.2, 0) is 23.1 Å². The van der Waals surface area contributed by atoms with Crippen LogP contribution in [0.4, 0.5) is 5.69 Å². The van der Waals surface area contributed by atoms with Crippen molar-refractivity contribution in [2.45, 2.75) is 55.9 Å². The lowest BCUT2D eigenvalue weighted by Crippen LogP contribution is -2.53. The minimum Gasteiger partial charge on any atom is -0.480 e. The van der Waals surface area contributed by atoms with Crippen molar-refractivity contribution in [1.29, 1.82) is 0 Å². The largest absolute Gasteiger partial charge is 0.480 e. The summed E-state index contributed by atoms with van der Waals surface area (Å²) in [4.78, 5) is 16.8. The predicted octanol–water partition coefficient (Wildman–Crippen LogP) is 6.40. The van der Waals surface area contributed by atoms with E-state index in [4.69, 9.17) is 0 Å². The van der Waals surface area contributed by atoms with Crippen LogP contribution in [0.5, 0.6) is 0 Å². The van der Waals surface area contributed by atoms with Gasteiger partial charge in [0.05, 0.1) is 0 Å². The normalized spacial score (nSPS) is 26.2. The Morgan fingerprint density at radius 3 is 2.61 bits per heavy atom. The summed E-state index contributed by atoms with van der Waals surface area (Å²) in [6.45, 7) is 0. The van der Waals surface area contributed by atoms with E-state index in [1.54, 1.807) is 0 Å². The van der Waals surface area contributed by atoms with E-state index in [1.807, 2.05) is 42.7 Å². The summed E-state index contributed by atoms with van der Waals surface area (Å²) in [5, 5.41) is 13.7. The molecule has 1 aromatic heterocycles. The highest BCUT2D eigenvalue weighted by molar-refractivity contribution is 9.10. The molecule has 1 fully saturated rings. The second-order valence-electron chi connectivity index (χ2n) is 9.64. The molecule has 1 heterocycles. The van der Waals surface area contributed by atoms with Crippen LogP contribution < -0.4 is 5.32 Å². The fraction of sp³-hybridized carbons (Fsp3) is 0.357. The molecule has 0 amide bonds. The van der Waals surface area contributed by atoms with Crippen LogP contribution in [0.25, 0.3) is 0 Å². The van der Waals surface area contributed by atoms with Gasteiger partial charge >= 0.3 is 5.97 Å². The van der Waals surface area contributed by atoms with Gasteiger partial charge in [-0.1, -0.05) is 52.3 Å². The minimum absolute atomic E-state index is 0.0523. The number of carboxylic acids is 1. The van der Waals surface area contributed by atoms with E-state index in [-0.39, 0.29) is 5.41 Å². The standard InChI is InChI=1S/C28H29BrN2O2/c29-23-7-3-8-24(18-23)31-28(26(32)33)14-12-27(13-15-28)22(11-10-20-5-4-16-30-19-20)17-21-6-1-2-9-25(21)27/h1-9,16,18-19,22,31H,10-15,17H2,(H,32,33). The molecule has 170 valence electrons. The van der Waals surface area contributed by atoms with E-state index in [9.17, 15) is 9.90 Å². The first kappa shape index (κ1) is 22.1. The molecular weight excluding hydrogens is 476 g/mol. The number of aryl methyl sites for hydroxylation is 1. The van der Waals surface area contributed by atoms with Gasteiger partial charge in [-0.2, -0.15) is 0 Å². The molecule has 1 atom stereocenters. The summed E-state index contributed by atoms with van der Waals surface area (Å²) in [5.74, 6) is -0.233. The Bertz CT molecular complexity index is 1140. The van der Waals surface area contributed by atoms with Crippen LogP contribution in [-0.4, -0.2) is 21.6 Å². The minimum atomic E-state index is -0.933. The number of rotatable bonds is 6. The second-order valence-corrected chi connectivity index (χ2v) is 10.6. The monoisotopic (exact) mass is 504 g/mol. The number of anilines is 1. The first-order valence-electron chi connectivity index (χ1n) is 11.8. The van der Waals surface area contributed by atoms with Gasteiger partial charge in [-0.05, 0) is 97.2 Å². The molecule has 0 radical (unpaired) electrons. The average Bonchev–Trinajstić information content (AvgIpc) is 3.13. The number of nitrogens with zero attached hydrogens (tertiary/aromatic N) is 1. The highest BCUT2D eigenvalue weighted by Crippen LogP contribution is 2.55. The maximum absolute atomic E-state index is 12.5. The number of fused-ring (bicyclic) bond motifs is 2. The molecule has 3 aromatic rings. The number of carboxylic acid groups (broad SMARTS) is 1. The maximum atomic E-state index is 12.5. The number of hydrogen-bond acceptors (Lipinski definition) is 3. The SMILES string of the molecule is O=C(O)C1(Nc2cccc(Br)c2)CCC2(CC1)c1ccccc1CC2CCc1cccnc1. The topological polar surface area (TPSA) is 62.2 Å². The molecule has 5 rings (SSSR count). The van der Waals surface area contributed by atoms with Crippen LogP contribution in [0.3, 0.4) is 0 Å². The Morgan fingerprint density at radius 1 is 1.06 bits per heavy atom. The number of nitrogens with one attached hydrogen (secondary N) is 1. The van der Waals surface area contributed by atoms with Gasteiger partial charge in [0.2, 0.25) is 0 Å². The third-order valence-corrected chi connectivity index (χ3v) is 8.41. The molecule has 4 nitrogen and oxygen atoms in total. The van der Waals surface area contributed by atoms with Crippen molar-refractivity contribution in [2.24, 2.45) is 5.92 Å². The zero-order chi connectivity index (χ0) is 22.9. The Balaban J connectivity index is 1.41. The molecule has 2 aromatic carbocycles. The van der Waals surface area contributed by atoms with Crippen molar-refractivity contribution >= 4 is 27.6 Å². The molecule has 0 aliphatic heterocycles. The Labute approximate surface area is 203 Å². The summed E-state index contributed by atoms with van der Waals surface area (Å²) >= 11 is 3.50. The van der Waals surface area contributed by atoms with E-state index < -0.39 is 11.5 Å². The van der Waals surface area contributed by atoms with Crippen molar-refractivity contribution in [3.05, 3.63) is 94.2 Å². The molecule has 2 aliphatic carbocycles. The van der Waals surface area contributed by atoms with E-state index in [1.165, 1.54) is 16.7 Å². The fourth-order valence-electron chi connectivity index (χ4n) is 6.17. The Morgan fingerprint density at radius 2 is 1.88 bits per heavy atom. The van der Waals surface area contributed by atoms with E-state index in [0.29, 0.717) is 18.8 Å². The number of aliphatic carboxylic acids is 1. The zero-order valence-electron chi connectivity index (χ0n) is 18.6. The number of halogens is 1. The molecule has 2 N–H and O–H groups in total. The van der Waals surface area contributed by atoms with Crippen LogP contribution in [0.2, 0.25) is 0 Å².